The molecule has 0 saturated heterocycles. The highest BCUT2D eigenvalue weighted by Gasteiger charge is 2.17. The maximum Gasteiger partial charge on any atom is 0.351 e. The van der Waals surface area contributed by atoms with E-state index in [2.05, 4.69) is 4.98 Å². The summed E-state index contributed by atoms with van der Waals surface area (Å²) in [5, 5.41) is 9.32. The molecule has 0 fully saturated rings. The maximum absolute atomic E-state index is 11.3. The van der Waals surface area contributed by atoms with Gasteiger partial charge >= 0.3 is 5.69 Å². The Hall–Kier alpha value is -1.40. The van der Waals surface area contributed by atoms with Crippen LogP contribution in [0.3, 0.4) is 0 Å². The van der Waals surface area contributed by atoms with Crippen LogP contribution in [0.4, 0.5) is 5.82 Å². The molecule has 78 valence electrons. The fourth-order valence-electron chi connectivity index (χ4n) is 1.16. The fourth-order valence-corrected chi connectivity index (χ4v) is 1.16. The molecule has 0 spiro atoms. The van der Waals surface area contributed by atoms with Crippen molar-refractivity contribution in [3.63, 3.8) is 0 Å². The van der Waals surface area contributed by atoms with E-state index in [-0.39, 0.29) is 5.82 Å². The largest absolute Gasteiger partial charge is 0.389 e. The first-order valence-corrected chi connectivity index (χ1v) is 4.11. The smallest absolute Gasteiger partial charge is 0.351 e. The quantitative estimate of drug-likeness (QED) is 0.675. The van der Waals surface area contributed by atoms with Gasteiger partial charge in [-0.05, 0) is 13.0 Å². The highest BCUT2D eigenvalue weighted by molar-refractivity contribution is 5.23. The number of nitrogen functional groups attached to an aromatic ring is 1. The minimum absolute atomic E-state index is 0.145. The molecule has 0 unspecified atom stereocenters. The van der Waals surface area contributed by atoms with Crippen LogP contribution in [0.25, 0.3) is 0 Å². The summed E-state index contributed by atoms with van der Waals surface area (Å²) in [7, 11) is 1.40. The van der Waals surface area contributed by atoms with E-state index in [0.717, 1.165) is 0 Å². The van der Waals surface area contributed by atoms with E-state index in [1.165, 1.54) is 30.9 Å². The Morgan fingerprint density at radius 1 is 1.71 bits per heavy atom. The van der Waals surface area contributed by atoms with Gasteiger partial charge in [0, 0.05) is 13.3 Å². The molecular formula is C8H13N3O3. The lowest BCUT2D eigenvalue weighted by Gasteiger charge is -2.19. The third-order valence-electron chi connectivity index (χ3n) is 1.78. The molecule has 0 aromatic carbocycles. The van der Waals surface area contributed by atoms with Crippen molar-refractivity contribution in [1.29, 1.82) is 0 Å². The number of nitrogens with two attached hydrogens (primary N) is 1. The average molecular weight is 199 g/mol. The molecule has 0 amide bonds. The van der Waals surface area contributed by atoms with E-state index in [0.29, 0.717) is 0 Å². The molecule has 2 atom stereocenters. The number of rotatable bonds is 3. The topological polar surface area (TPSA) is 90.4 Å². The third kappa shape index (κ3) is 2.09. The Balaban J connectivity index is 3.11. The van der Waals surface area contributed by atoms with Crippen LogP contribution >= 0.6 is 0 Å². The zero-order valence-corrected chi connectivity index (χ0v) is 8.04. The molecule has 1 aromatic rings. The van der Waals surface area contributed by atoms with Gasteiger partial charge in [0.05, 0.1) is 6.10 Å². The summed E-state index contributed by atoms with van der Waals surface area (Å²) in [6.45, 7) is 1.52. The predicted molar refractivity (Wildman–Crippen MR) is 50.6 cm³/mol. The van der Waals surface area contributed by atoms with Crippen molar-refractivity contribution in [3.05, 3.63) is 22.7 Å². The highest BCUT2D eigenvalue weighted by atomic mass is 16.5. The van der Waals surface area contributed by atoms with Gasteiger partial charge < -0.3 is 15.6 Å². The van der Waals surface area contributed by atoms with Crippen LogP contribution in [0.2, 0.25) is 0 Å². The molecule has 0 aliphatic carbocycles. The first kappa shape index (κ1) is 10.7. The van der Waals surface area contributed by atoms with Gasteiger partial charge in [-0.25, -0.2) is 4.79 Å². The van der Waals surface area contributed by atoms with Gasteiger partial charge in [0.1, 0.15) is 5.82 Å². The first-order valence-electron chi connectivity index (χ1n) is 4.11. The van der Waals surface area contributed by atoms with Gasteiger partial charge in [0.15, 0.2) is 6.23 Å². The molecular weight excluding hydrogens is 186 g/mol. The molecule has 6 nitrogen and oxygen atoms in total. The van der Waals surface area contributed by atoms with Crippen molar-refractivity contribution in [2.45, 2.75) is 19.3 Å². The second kappa shape index (κ2) is 4.21. The SMILES string of the molecule is CO[C@H]([C@H](C)O)n1ccc(N)nc1=O. The van der Waals surface area contributed by atoms with Gasteiger partial charge in [-0.2, -0.15) is 4.98 Å². The summed E-state index contributed by atoms with van der Waals surface area (Å²) >= 11 is 0. The Kier molecular flexibility index (Phi) is 3.21. The highest BCUT2D eigenvalue weighted by Crippen LogP contribution is 2.09. The lowest BCUT2D eigenvalue weighted by Crippen LogP contribution is -2.33. The maximum atomic E-state index is 11.3. The van der Waals surface area contributed by atoms with E-state index in [1.54, 1.807) is 0 Å². The number of anilines is 1. The van der Waals surface area contributed by atoms with Crippen LogP contribution in [0, 0.1) is 0 Å². The molecule has 0 saturated carbocycles. The summed E-state index contributed by atoms with van der Waals surface area (Å²) in [6, 6.07) is 1.47. The predicted octanol–water partition coefficient (Wildman–Crippen LogP) is -0.649. The molecule has 1 rings (SSSR count). The third-order valence-corrected chi connectivity index (χ3v) is 1.78. The number of nitrogens with zero attached hydrogens (tertiary/aromatic N) is 2. The minimum atomic E-state index is -0.803. The summed E-state index contributed by atoms with van der Waals surface area (Å²) in [6.07, 6.45) is -0.107. The van der Waals surface area contributed by atoms with E-state index in [1.807, 2.05) is 0 Å². The number of hydrogen-bond donors (Lipinski definition) is 2. The van der Waals surface area contributed by atoms with Gasteiger partial charge in [-0.1, -0.05) is 0 Å². The summed E-state index contributed by atoms with van der Waals surface area (Å²) in [4.78, 5) is 14.8. The van der Waals surface area contributed by atoms with Gasteiger partial charge in [-0.3, -0.25) is 4.57 Å². The Morgan fingerprint density at radius 3 is 2.79 bits per heavy atom. The second-order valence-corrected chi connectivity index (χ2v) is 2.91. The van der Waals surface area contributed by atoms with E-state index in [4.69, 9.17) is 10.5 Å². The lowest BCUT2D eigenvalue weighted by atomic mass is 10.3. The molecule has 14 heavy (non-hydrogen) atoms. The van der Waals surface area contributed by atoms with Crippen LogP contribution < -0.4 is 11.4 Å². The number of aliphatic hydroxyl groups is 1. The van der Waals surface area contributed by atoms with Crippen molar-refractivity contribution in [1.82, 2.24) is 9.55 Å². The normalized spacial score (nSPS) is 15.1. The lowest BCUT2D eigenvalue weighted by molar-refractivity contribution is -0.0520. The van der Waals surface area contributed by atoms with Crippen LogP contribution in [0.5, 0.6) is 0 Å². The van der Waals surface area contributed by atoms with Gasteiger partial charge in [-0.15, -0.1) is 0 Å². The van der Waals surface area contributed by atoms with E-state index < -0.39 is 18.0 Å². The molecule has 3 N–H and O–H groups in total. The molecule has 0 aliphatic rings. The average Bonchev–Trinajstić information content (AvgIpc) is 2.09. The zero-order chi connectivity index (χ0) is 10.7. The van der Waals surface area contributed by atoms with Crippen molar-refractivity contribution >= 4 is 5.82 Å². The summed E-state index contributed by atoms with van der Waals surface area (Å²) in [5.41, 5.74) is 4.77. The molecule has 6 heteroatoms. The molecule has 0 radical (unpaired) electrons. The standard InChI is InChI=1S/C8H13N3O3/c1-5(12)7(14-2)11-4-3-6(9)10-8(11)13/h3-5,7,12H,1-2H3,(H2,9,10,13)/t5-,7+/m0/s1. The Bertz CT molecular complexity index is 361. The van der Waals surface area contributed by atoms with E-state index in [9.17, 15) is 9.90 Å². The number of methoxy groups -OCH3 is 1. The second-order valence-electron chi connectivity index (χ2n) is 2.91. The minimum Gasteiger partial charge on any atom is -0.389 e. The van der Waals surface area contributed by atoms with Gasteiger partial charge in [0.2, 0.25) is 0 Å². The van der Waals surface area contributed by atoms with E-state index >= 15 is 0 Å². The summed E-state index contributed by atoms with van der Waals surface area (Å²) < 4.78 is 6.13. The van der Waals surface area contributed by atoms with Crippen LogP contribution in [-0.2, 0) is 4.74 Å². The van der Waals surface area contributed by atoms with Crippen LogP contribution in [0.15, 0.2) is 17.1 Å². The molecule has 1 heterocycles. The van der Waals surface area contributed by atoms with Crippen LogP contribution in [-0.4, -0.2) is 27.9 Å². The van der Waals surface area contributed by atoms with Crippen molar-refractivity contribution in [3.8, 4) is 0 Å². The Morgan fingerprint density at radius 2 is 2.36 bits per heavy atom. The first-order chi connectivity index (χ1) is 6.56. The Labute approximate surface area is 80.9 Å². The number of aliphatic hydroxyl groups excluding tert-OH is 1. The van der Waals surface area contributed by atoms with Crippen molar-refractivity contribution in [2.75, 3.05) is 12.8 Å². The number of hydrogen-bond acceptors (Lipinski definition) is 5. The van der Waals surface area contributed by atoms with Crippen LogP contribution in [0.1, 0.15) is 13.2 Å². The molecule has 0 aliphatic heterocycles. The van der Waals surface area contributed by atoms with Crippen molar-refractivity contribution in [2.24, 2.45) is 0 Å². The molecule has 0 bridgehead atoms. The summed E-state index contributed by atoms with van der Waals surface area (Å²) in [5.74, 6) is 0.145. The van der Waals surface area contributed by atoms with Crippen molar-refractivity contribution < 1.29 is 9.84 Å². The number of ether oxygens (including phenoxy) is 1. The molecule has 1 aromatic heterocycles. The van der Waals surface area contributed by atoms with Gasteiger partial charge in [0.25, 0.3) is 0 Å². The monoisotopic (exact) mass is 199 g/mol. The number of aromatic nitrogens is 2. The fraction of sp³-hybridized carbons (Fsp3) is 0.500. The zero-order valence-electron chi connectivity index (χ0n) is 8.04.